The van der Waals surface area contributed by atoms with E-state index in [0.29, 0.717) is 5.92 Å². The van der Waals surface area contributed by atoms with Gasteiger partial charge in [-0.05, 0) is 87.3 Å². The van der Waals surface area contributed by atoms with Crippen molar-refractivity contribution in [1.82, 2.24) is 0 Å². The standard InChI is InChI=1S/C13H26.C12H18.C9H14.C7H8.C4H10.CH4/c1-5-8-11-12(4)13(9-6-2)10-7-3;1-4-10(3)12-8-6-11(5-2)7-9-12;1-4-7-9(6-3)8-5-2;1-7-5-3-2-4-6-7;1-3-4-2;/h13H,4-11H2,1-3H3;6-10H,4-5H2,1-3H3;4-5,7-8H,1,6H2,2-3H3;2-6H,1H3;3-4H2,1-2H3;1H4/b;;8-5-,9-7-;;;. The fourth-order valence-corrected chi connectivity index (χ4v) is 4.37. The van der Waals surface area contributed by atoms with E-state index in [0.717, 1.165) is 18.8 Å². The number of hydrogen-bond acceptors (Lipinski definition) is 0. The number of rotatable bonds is 15. The Labute approximate surface area is 291 Å². The monoisotopic (exact) mass is 633 g/mol. The van der Waals surface area contributed by atoms with Gasteiger partial charge in [-0.2, -0.15) is 0 Å². The molecule has 0 fully saturated rings. The molecule has 264 valence electrons. The van der Waals surface area contributed by atoms with Crippen molar-refractivity contribution in [2.75, 3.05) is 0 Å². The van der Waals surface area contributed by atoms with Crippen molar-refractivity contribution in [3.63, 3.8) is 0 Å². The SMILES string of the molecule is C.C=C(CCCC)C(CCC)CCC.C=C/C=C(\C=C/C)CC.CCCC.CCc1ccc(C(C)CC)cc1.Cc1ccccc1. The number of allylic oxidation sites excluding steroid dienone is 6. The van der Waals surface area contributed by atoms with Gasteiger partial charge >= 0.3 is 0 Å². The van der Waals surface area contributed by atoms with E-state index in [-0.39, 0.29) is 7.43 Å². The van der Waals surface area contributed by atoms with Gasteiger partial charge in [-0.3, -0.25) is 0 Å². The van der Waals surface area contributed by atoms with Crippen LogP contribution in [0.1, 0.15) is 170 Å². The van der Waals surface area contributed by atoms with Crippen molar-refractivity contribution < 1.29 is 0 Å². The summed E-state index contributed by atoms with van der Waals surface area (Å²) in [6.45, 7) is 32.0. The molecular weight excluding hydrogens is 553 g/mol. The molecule has 0 amide bonds. The molecule has 0 aromatic heterocycles. The third kappa shape index (κ3) is 31.4. The molecule has 0 heteroatoms. The van der Waals surface area contributed by atoms with Gasteiger partial charge in [0.15, 0.2) is 0 Å². The third-order valence-corrected chi connectivity index (χ3v) is 7.83. The molecule has 0 radical (unpaired) electrons. The van der Waals surface area contributed by atoms with Crippen LogP contribution in [0.4, 0.5) is 0 Å². The maximum atomic E-state index is 4.23. The summed E-state index contributed by atoms with van der Waals surface area (Å²) in [5, 5.41) is 0. The second-order valence-electron chi connectivity index (χ2n) is 11.9. The van der Waals surface area contributed by atoms with Gasteiger partial charge in [0.1, 0.15) is 0 Å². The van der Waals surface area contributed by atoms with Gasteiger partial charge < -0.3 is 0 Å². The predicted molar refractivity (Wildman–Crippen MR) is 218 cm³/mol. The minimum Gasteiger partial charge on any atom is -0.0996 e. The summed E-state index contributed by atoms with van der Waals surface area (Å²) in [4.78, 5) is 0. The number of unbranched alkanes of at least 4 members (excludes halogenated alkanes) is 2. The first-order valence-electron chi connectivity index (χ1n) is 18.4. The summed E-state index contributed by atoms with van der Waals surface area (Å²) in [5.74, 6) is 1.51. The van der Waals surface area contributed by atoms with Crippen LogP contribution in [0.15, 0.2) is 103 Å². The smallest absolute Gasteiger partial charge is 0.0193 e. The fraction of sp³-hybridized carbons (Fsp3) is 0.565. The Morgan fingerprint density at radius 2 is 1.30 bits per heavy atom. The molecule has 46 heavy (non-hydrogen) atoms. The number of hydrogen-bond donors (Lipinski definition) is 0. The van der Waals surface area contributed by atoms with E-state index in [1.54, 1.807) is 0 Å². The molecule has 0 aliphatic rings. The summed E-state index contributed by atoms with van der Waals surface area (Å²) in [5.41, 5.74) is 7.05. The first-order chi connectivity index (χ1) is 21.7. The van der Waals surface area contributed by atoms with Crippen LogP contribution < -0.4 is 0 Å². The van der Waals surface area contributed by atoms with E-state index >= 15 is 0 Å². The third-order valence-electron chi connectivity index (χ3n) is 7.83. The predicted octanol–water partition coefficient (Wildman–Crippen LogP) is 16.2. The minimum atomic E-state index is 0. The van der Waals surface area contributed by atoms with Crippen molar-refractivity contribution in [3.8, 4) is 0 Å². The zero-order chi connectivity index (χ0) is 34.7. The highest BCUT2D eigenvalue weighted by molar-refractivity contribution is 5.25. The lowest BCUT2D eigenvalue weighted by molar-refractivity contribution is 0.486. The maximum Gasteiger partial charge on any atom is -0.0193 e. The van der Waals surface area contributed by atoms with Gasteiger partial charge in [-0.15, -0.1) is 0 Å². The fourth-order valence-electron chi connectivity index (χ4n) is 4.37. The van der Waals surface area contributed by atoms with Crippen LogP contribution in [0, 0.1) is 12.8 Å². The van der Waals surface area contributed by atoms with Gasteiger partial charge in [0.25, 0.3) is 0 Å². The van der Waals surface area contributed by atoms with E-state index < -0.39 is 0 Å². The summed E-state index contributed by atoms with van der Waals surface area (Å²) in [6.07, 6.45) is 23.2. The summed E-state index contributed by atoms with van der Waals surface area (Å²) in [6, 6.07) is 19.3. The van der Waals surface area contributed by atoms with Gasteiger partial charge in [0.2, 0.25) is 0 Å². The van der Waals surface area contributed by atoms with Crippen molar-refractivity contribution in [2.24, 2.45) is 5.92 Å². The van der Waals surface area contributed by atoms with E-state index in [1.807, 2.05) is 43.4 Å². The number of aryl methyl sites for hydroxylation is 2. The molecule has 0 N–H and O–H groups in total. The molecular formula is C46H80. The van der Waals surface area contributed by atoms with Crippen LogP contribution >= 0.6 is 0 Å². The Hall–Kier alpha value is -2.60. The largest absolute Gasteiger partial charge is 0.0996 e. The summed E-state index contributed by atoms with van der Waals surface area (Å²) < 4.78 is 0. The molecule has 0 saturated heterocycles. The van der Waals surface area contributed by atoms with Crippen LogP contribution in [0.5, 0.6) is 0 Å². The molecule has 0 saturated carbocycles. The van der Waals surface area contributed by atoms with Gasteiger partial charge in [-0.1, -0.05) is 205 Å². The molecule has 2 rings (SSSR count). The van der Waals surface area contributed by atoms with Crippen molar-refractivity contribution in [1.29, 1.82) is 0 Å². The molecule has 2 aromatic rings. The van der Waals surface area contributed by atoms with E-state index in [2.05, 4.69) is 125 Å². The van der Waals surface area contributed by atoms with Crippen molar-refractivity contribution in [2.45, 2.75) is 167 Å². The zero-order valence-corrected chi connectivity index (χ0v) is 32.1. The zero-order valence-electron chi connectivity index (χ0n) is 32.1. The van der Waals surface area contributed by atoms with Gasteiger partial charge in [-0.25, -0.2) is 0 Å². The highest BCUT2D eigenvalue weighted by Crippen LogP contribution is 2.25. The van der Waals surface area contributed by atoms with Crippen molar-refractivity contribution >= 4 is 0 Å². The van der Waals surface area contributed by atoms with E-state index in [1.165, 1.54) is 92.0 Å². The lowest BCUT2D eigenvalue weighted by atomic mass is 9.88. The Balaban J connectivity index is -0.000000249. The molecule has 0 aliphatic heterocycles. The molecule has 0 spiro atoms. The molecule has 2 aromatic carbocycles. The molecule has 1 unspecified atom stereocenters. The van der Waals surface area contributed by atoms with Crippen LogP contribution in [-0.2, 0) is 6.42 Å². The highest BCUT2D eigenvalue weighted by Gasteiger charge is 2.09. The first-order valence-corrected chi connectivity index (χ1v) is 18.4. The van der Waals surface area contributed by atoms with Crippen molar-refractivity contribution in [3.05, 3.63) is 120 Å². The van der Waals surface area contributed by atoms with Crippen LogP contribution in [0.3, 0.4) is 0 Å². The lowest BCUT2D eigenvalue weighted by Gasteiger charge is -2.18. The topological polar surface area (TPSA) is 0 Å². The highest BCUT2D eigenvalue weighted by atomic mass is 14.1. The maximum absolute atomic E-state index is 4.23. The molecule has 0 heterocycles. The second-order valence-corrected chi connectivity index (χ2v) is 11.9. The Morgan fingerprint density at radius 1 is 0.761 bits per heavy atom. The summed E-state index contributed by atoms with van der Waals surface area (Å²) in [7, 11) is 0. The second kappa shape index (κ2) is 38.6. The van der Waals surface area contributed by atoms with Crippen LogP contribution in [0.2, 0.25) is 0 Å². The van der Waals surface area contributed by atoms with Gasteiger partial charge in [0.05, 0.1) is 0 Å². The first kappa shape index (κ1) is 50.3. The Morgan fingerprint density at radius 3 is 1.63 bits per heavy atom. The molecule has 1 atom stereocenters. The average Bonchev–Trinajstić information content (AvgIpc) is 3.08. The quantitative estimate of drug-likeness (QED) is 0.135. The average molecular weight is 633 g/mol. The normalized spacial score (nSPS) is 10.8. The molecule has 0 aliphatic carbocycles. The minimum absolute atomic E-state index is 0. The van der Waals surface area contributed by atoms with Crippen LogP contribution in [-0.4, -0.2) is 0 Å². The van der Waals surface area contributed by atoms with E-state index in [4.69, 9.17) is 0 Å². The lowest BCUT2D eigenvalue weighted by Crippen LogP contribution is -2.03. The van der Waals surface area contributed by atoms with Gasteiger partial charge in [0, 0.05) is 0 Å². The molecule has 0 nitrogen and oxygen atoms in total. The number of benzene rings is 2. The van der Waals surface area contributed by atoms with Crippen LogP contribution in [0.25, 0.3) is 0 Å². The summed E-state index contributed by atoms with van der Waals surface area (Å²) >= 11 is 0. The molecule has 0 bridgehead atoms. The Kier molecular flexibility index (Phi) is 42.2. The Bertz CT molecular complexity index is 933. The van der Waals surface area contributed by atoms with E-state index in [9.17, 15) is 0 Å².